The minimum atomic E-state index is -0.334. The molecule has 0 fully saturated rings. The summed E-state index contributed by atoms with van der Waals surface area (Å²) >= 11 is 3.55. The van der Waals surface area contributed by atoms with Crippen molar-refractivity contribution in [3.05, 3.63) is 57.8 Å². The highest BCUT2D eigenvalue weighted by Crippen LogP contribution is 2.42. The van der Waals surface area contributed by atoms with E-state index in [1.165, 1.54) is 11.3 Å². The second-order valence-corrected chi connectivity index (χ2v) is 7.83. The zero-order valence-corrected chi connectivity index (χ0v) is 14.4. The van der Waals surface area contributed by atoms with Gasteiger partial charge < -0.3 is 9.67 Å². The molecule has 1 aromatic heterocycles. The van der Waals surface area contributed by atoms with E-state index in [4.69, 9.17) is 0 Å². The highest BCUT2D eigenvalue weighted by atomic mass is 79.9. The Hall–Kier alpha value is -1.06. The van der Waals surface area contributed by atoms with Crippen molar-refractivity contribution in [2.24, 2.45) is 5.41 Å². The van der Waals surface area contributed by atoms with Crippen molar-refractivity contribution in [2.45, 2.75) is 45.8 Å². The van der Waals surface area contributed by atoms with Crippen LogP contribution >= 0.6 is 15.9 Å². The highest BCUT2D eigenvalue weighted by molar-refractivity contribution is 9.10. The summed E-state index contributed by atoms with van der Waals surface area (Å²) in [4.78, 5) is 0. The normalized spacial score (nSPS) is 21.9. The van der Waals surface area contributed by atoms with Crippen molar-refractivity contribution in [1.29, 1.82) is 0 Å². The monoisotopic (exact) mass is 347 g/mol. The molecule has 1 aliphatic rings. The molecule has 0 amide bonds. The van der Waals surface area contributed by atoms with Crippen LogP contribution in [0.1, 0.15) is 56.2 Å². The van der Waals surface area contributed by atoms with Crippen LogP contribution in [0.5, 0.6) is 0 Å². The first-order valence-electron chi connectivity index (χ1n) is 7.50. The maximum absolute atomic E-state index is 10.4. The average molecular weight is 348 g/mol. The minimum absolute atomic E-state index is 0.152. The Kier molecular flexibility index (Phi) is 3.74. The molecule has 0 saturated heterocycles. The third kappa shape index (κ3) is 2.82. The first-order valence-corrected chi connectivity index (χ1v) is 8.30. The van der Waals surface area contributed by atoms with Gasteiger partial charge in [0.1, 0.15) is 0 Å². The number of aliphatic hydroxyl groups excluding tert-OH is 1. The number of fused-ring (bicyclic) bond motifs is 1. The highest BCUT2D eigenvalue weighted by Gasteiger charge is 2.33. The first kappa shape index (κ1) is 14.9. The maximum Gasteiger partial charge on any atom is 0.0812 e. The molecule has 1 aliphatic carbocycles. The van der Waals surface area contributed by atoms with Crippen molar-refractivity contribution in [3.8, 4) is 0 Å². The summed E-state index contributed by atoms with van der Waals surface area (Å²) in [5, 5.41) is 10.4. The fourth-order valence-electron chi connectivity index (χ4n) is 3.44. The number of benzene rings is 1. The first-order chi connectivity index (χ1) is 9.87. The number of aliphatic hydroxyl groups is 1. The SMILES string of the molecule is CC(c1cccc(Br)c1)n1ccc2c1CC(C)(C)CC2O. The van der Waals surface area contributed by atoms with Gasteiger partial charge in [-0.1, -0.05) is 41.9 Å². The molecule has 0 aliphatic heterocycles. The molecule has 2 unspecified atom stereocenters. The number of hydrogen-bond acceptors (Lipinski definition) is 1. The zero-order valence-electron chi connectivity index (χ0n) is 12.8. The van der Waals surface area contributed by atoms with Crippen LogP contribution in [-0.4, -0.2) is 9.67 Å². The Labute approximate surface area is 134 Å². The second-order valence-electron chi connectivity index (χ2n) is 6.92. The van der Waals surface area contributed by atoms with Crippen LogP contribution in [0.15, 0.2) is 41.0 Å². The van der Waals surface area contributed by atoms with Crippen LogP contribution in [0.4, 0.5) is 0 Å². The Morgan fingerprint density at radius 3 is 2.81 bits per heavy atom. The fraction of sp³-hybridized carbons (Fsp3) is 0.444. The summed E-state index contributed by atoms with van der Waals surface area (Å²) in [6.07, 6.45) is 3.65. The maximum atomic E-state index is 10.4. The molecular formula is C18H22BrNO. The van der Waals surface area contributed by atoms with Gasteiger partial charge in [0.05, 0.1) is 12.1 Å². The largest absolute Gasteiger partial charge is 0.388 e. The quantitative estimate of drug-likeness (QED) is 0.823. The van der Waals surface area contributed by atoms with Gasteiger partial charge in [0, 0.05) is 21.9 Å². The van der Waals surface area contributed by atoms with Gasteiger partial charge in [0.2, 0.25) is 0 Å². The van der Waals surface area contributed by atoms with Crippen LogP contribution in [-0.2, 0) is 6.42 Å². The van der Waals surface area contributed by atoms with E-state index in [0.717, 1.165) is 22.9 Å². The van der Waals surface area contributed by atoms with E-state index < -0.39 is 0 Å². The third-order valence-corrected chi connectivity index (χ3v) is 5.05. The molecule has 3 heteroatoms. The number of rotatable bonds is 2. The number of hydrogen-bond donors (Lipinski definition) is 1. The van der Waals surface area contributed by atoms with E-state index in [0.29, 0.717) is 0 Å². The van der Waals surface area contributed by atoms with E-state index >= 15 is 0 Å². The summed E-state index contributed by atoms with van der Waals surface area (Å²) in [6.45, 7) is 6.69. The standard InChI is InChI=1S/C18H22BrNO/c1-12(13-5-4-6-14(19)9-13)20-8-7-15-16(20)10-18(2,3)11-17(15)21/h4-9,12,17,21H,10-11H2,1-3H3. The van der Waals surface area contributed by atoms with E-state index in [2.05, 4.69) is 71.7 Å². The molecule has 112 valence electrons. The average Bonchev–Trinajstić information content (AvgIpc) is 2.80. The molecule has 2 nitrogen and oxygen atoms in total. The molecule has 0 radical (unpaired) electrons. The molecule has 1 aromatic carbocycles. The summed E-state index contributed by atoms with van der Waals surface area (Å²) in [5.41, 5.74) is 3.82. The van der Waals surface area contributed by atoms with Gasteiger partial charge in [-0.15, -0.1) is 0 Å². The second kappa shape index (κ2) is 5.29. The van der Waals surface area contributed by atoms with Crippen molar-refractivity contribution >= 4 is 15.9 Å². The van der Waals surface area contributed by atoms with Crippen molar-refractivity contribution < 1.29 is 5.11 Å². The van der Waals surface area contributed by atoms with Crippen molar-refractivity contribution in [2.75, 3.05) is 0 Å². The summed E-state index contributed by atoms with van der Waals surface area (Å²) in [5.74, 6) is 0. The molecule has 0 spiro atoms. The van der Waals surface area contributed by atoms with E-state index in [9.17, 15) is 5.11 Å². The van der Waals surface area contributed by atoms with E-state index in [-0.39, 0.29) is 17.6 Å². The molecular weight excluding hydrogens is 326 g/mol. The van der Waals surface area contributed by atoms with Gasteiger partial charge in [-0.3, -0.25) is 0 Å². The lowest BCUT2D eigenvalue weighted by Gasteiger charge is -2.34. The Balaban J connectivity index is 2.01. The lowest BCUT2D eigenvalue weighted by Crippen LogP contribution is -2.27. The summed E-state index contributed by atoms with van der Waals surface area (Å²) < 4.78 is 3.43. The predicted molar refractivity (Wildman–Crippen MR) is 89.4 cm³/mol. The zero-order chi connectivity index (χ0) is 15.2. The smallest absolute Gasteiger partial charge is 0.0812 e. The van der Waals surface area contributed by atoms with Crippen LogP contribution in [0.3, 0.4) is 0 Å². The van der Waals surface area contributed by atoms with Crippen molar-refractivity contribution in [1.82, 2.24) is 4.57 Å². The summed E-state index contributed by atoms with van der Waals surface area (Å²) in [6, 6.07) is 10.8. The van der Waals surface area contributed by atoms with Crippen LogP contribution < -0.4 is 0 Å². The Bertz CT molecular complexity index is 659. The topological polar surface area (TPSA) is 25.2 Å². The predicted octanol–water partition coefficient (Wildman–Crippen LogP) is 4.87. The number of halogens is 1. The van der Waals surface area contributed by atoms with Gasteiger partial charge in [-0.25, -0.2) is 0 Å². The molecule has 3 rings (SSSR count). The Morgan fingerprint density at radius 2 is 2.10 bits per heavy atom. The molecule has 1 N–H and O–H groups in total. The lowest BCUT2D eigenvalue weighted by atomic mass is 9.75. The fourth-order valence-corrected chi connectivity index (χ4v) is 3.86. The summed E-state index contributed by atoms with van der Waals surface area (Å²) in [7, 11) is 0. The van der Waals surface area contributed by atoms with Crippen LogP contribution in [0.25, 0.3) is 0 Å². The molecule has 2 aromatic rings. The number of aromatic nitrogens is 1. The van der Waals surface area contributed by atoms with Gasteiger partial charge in [-0.05, 0) is 48.9 Å². The van der Waals surface area contributed by atoms with Crippen LogP contribution in [0.2, 0.25) is 0 Å². The van der Waals surface area contributed by atoms with E-state index in [1.807, 2.05) is 6.07 Å². The van der Waals surface area contributed by atoms with E-state index in [1.54, 1.807) is 0 Å². The van der Waals surface area contributed by atoms with Gasteiger partial charge in [0.25, 0.3) is 0 Å². The molecule has 2 atom stereocenters. The number of nitrogens with zero attached hydrogens (tertiary/aromatic N) is 1. The van der Waals surface area contributed by atoms with Gasteiger partial charge in [0.15, 0.2) is 0 Å². The van der Waals surface area contributed by atoms with Gasteiger partial charge >= 0.3 is 0 Å². The molecule has 0 saturated carbocycles. The minimum Gasteiger partial charge on any atom is -0.388 e. The lowest BCUT2D eigenvalue weighted by molar-refractivity contribution is 0.0978. The molecule has 1 heterocycles. The molecule has 0 bridgehead atoms. The molecule has 21 heavy (non-hydrogen) atoms. The third-order valence-electron chi connectivity index (χ3n) is 4.56. The van der Waals surface area contributed by atoms with Gasteiger partial charge in [-0.2, -0.15) is 0 Å². The van der Waals surface area contributed by atoms with Crippen molar-refractivity contribution in [3.63, 3.8) is 0 Å². The Morgan fingerprint density at radius 1 is 1.33 bits per heavy atom. The van der Waals surface area contributed by atoms with Crippen LogP contribution in [0, 0.1) is 5.41 Å².